The maximum atomic E-state index is 12.8. The summed E-state index contributed by atoms with van der Waals surface area (Å²) in [5.74, 6) is -3.14. The van der Waals surface area contributed by atoms with Crippen molar-refractivity contribution in [3.8, 4) is 5.75 Å². The van der Waals surface area contributed by atoms with Crippen molar-refractivity contribution in [1.82, 2.24) is 4.98 Å². The minimum absolute atomic E-state index is 0.208. The SMILES string of the molecule is O=C(O)c1c(CBr)ncc(OC(F)(F)F)c1C(F)F. The smallest absolute Gasteiger partial charge is 0.478 e. The van der Waals surface area contributed by atoms with Crippen LogP contribution >= 0.6 is 15.9 Å². The van der Waals surface area contributed by atoms with Gasteiger partial charge in [-0.25, -0.2) is 13.6 Å². The van der Waals surface area contributed by atoms with Gasteiger partial charge in [0.2, 0.25) is 0 Å². The molecular formula is C9H5BrF5NO3. The first-order valence-corrected chi connectivity index (χ1v) is 5.64. The number of alkyl halides is 6. The number of halogens is 6. The Morgan fingerprint density at radius 2 is 2.05 bits per heavy atom. The Bertz CT molecular complexity index is 491. The van der Waals surface area contributed by atoms with Crippen molar-refractivity contribution in [1.29, 1.82) is 0 Å². The molecule has 0 saturated carbocycles. The fourth-order valence-electron chi connectivity index (χ4n) is 1.31. The van der Waals surface area contributed by atoms with Crippen molar-refractivity contribution in [3.05, 3.63) is 23.0 Å². The molecule has 0 radical (unpaired) electrons. The standard InChI is InChI=1S/C9H5BrF5NO3/c10-1-3-5(8(17)18)6(7(11)12)4(2-16-3)19-9(13,14)15/h2,7H,1H2,(H,17,18). The molecule has 0 bridgehead atoms. The number of carboxylic acid groups (broad SMARTS) is 1. The topological polar surface area (TPSA) is 59.4 Å². The van der Waals surface area contributed by atoms with Crippen LogP contribution in [-0.2, 0) is 5.33 Å². The first-order valence-electron chi connectivity index (χ1n) is 4.52. The van der Waals surface area contributed by atoms with Gasteiger partial charge in [-0.15, -0.1) is 13.2 Å². The van der Waals surface area contributed by atoms with Gasteiger partial charge in [0.25, 0.3) is 6.43 Å². The van der Waals surface area contributed by atoms with Gasteiger partial charge in [0.05, 0.1) is 23.0 Å². The third-order valence-electron chi connectivity index (χ3n) is 1.95. The minimum Gasteiger partial charge on any atom is -0.478 e. The first kappa shape index (κ1) is 15.6. The molecule has 10 heteroatoms. The van der Waals surface area contributed by atoms with Crippen LogP contribution < -0.4 is 4.74 Å². The monoisotopic (exact) mass is 349 g/mol. The zero-order valence-electron chi connectivity index (χ0n) is 8.84. The fraction of sp³-hybridized carbons (Fsp3) is 0.333. The number of hydrogen-bond acceptors (Lipinski definition) is 3. The summed E-state index contributed by atoms with van der Waals surface area (Å²) in [6.07, 6.45) is -8.26. The van der Waals surface area contributed by atoms with Gasteiger partial charge >= 0.3 is 12.3 Å². The van der Waals surface area contributed by atoms with E-state index in [4.69, 9.17) is 5.11 Å². The molecule has 4 nitrogen and oxygen atoms in total. The largest absolute Gasteiger partial charge is 0.573 e. The Morgan fingerprint density at radius 1 is 1.47 bits per heavy atom. The van der Waals surface area contributed by atoms with Crippen molar-refractivity contribution in [3.63, 3.8) is 0 Å². The van der Waals surface area contributed by atoms with E-state index in [1.54, 1.807) is 0 Å². The number of rotatable bonds is 4. The van der Waals surface area contributed by atoms with Gasteiger partial charge in [0.1, 0.15) is 0 Å². The molecule has 0 saturated heterocycles. The number of pyridine rings is 1. The van der Waals surface area contributed by atoms with Crippen molar-refractivity contribution < 1.29 is 36.6 Å². The Labute approximate surface area is 111 Å². The summed E-state index contributed by atoms with van der Waals surface area (Å²) in [6.45, 7) is 0. The average molecular weight is 350 g/mol. The Hall–Kier alpha value is -1.45. The molecule has 0 aliphatic carbocycles. The van der Waals surface area contributed by atoms with Gasteiger partial charge in [0.15, 0.2) is 5.75 Å². The average Bonchev–Trinajstić information content (AvgIpc) is 2.25. The summed E-state index contributed by atoms with van der Waals surface area (Å²) in [4.78, 5) is 14.3. The van der Waals surface area contributed by atoms with Crippen molar-refractivity contribution in [2.45, 2.75) is 18.1 Å². The Balaban J connectivity index is 3.49. The van der Waals surface area contributed by atoms with E-state index in [0.717, 1.165) is 0 Å². The van der Waals surface area contributed by atoms with Crippen LogP contribution in [0.3, 0.4) is 0 Å². The quantitative estimate of drug-likeness (QED) is 0.667. The minimum atomic E-state index is -5.23. The third-order valence-corrected chi connectivity index (χ3v) is 2.48. The molecule has 0 unspecified atom stereocenters. The molecule has 1 aromatic heterocycles. The third kappa shape index (κ3) is 3.75. The molecule has 1 rings (SSSR count). The highest BCUT2D eigenvalue weighted by Gasteiger charge is 2.36. The van der Waals surface area contributed by atoms with Crippen LogP contribution in [0.5, 0.6) is 5.75 Å². The van der Waals surface area contributed by atoms with Crippen LogP contribution in [0.4, 0.5) is 22.0 Å². The van der Waals surface area contributed by atoms with Crippen LogP contribution in [0.15, 0.2) is 6.20 Å². The van der Waals surface area contributed by atoms with Crippen LogP contribution in [0.25, 0.3) is 0 Å². The van der Waals surface area contributed by atoms with Crippen molar-refractivity contribution in [2.24, 2.45) is 0 Å². The molecule has 0 aromatic carbocycles. The number of carbonyl (C=O) groups is 1. The number of carboxylic acids is 1. The first-order chi connectivity index (χ1) is 8.67. The molecule has 0 aliphatic rings. The summed E-state index contributed by atoms with van der Waals surface area (Å²) in [6, 6.07) is 0. The summed E-state index contributed by atoms with van der Waals surface area (Å²) in [7, 11) is 0. The van der Waals surface area contributed by atoms with E-state index in [1.165, 1.54) is 0 Å². The lowest BCUT2D eigenvalue weighted by molar-refractivity contribution is -0.275. The fourth-order valence-corrected chi connectivity index (χ4v) is 1.74. The van der Waals surface area contributed by atoms with Crippen LogP contribution in [0.1, 0.15) is 28.0 Å². The lowest BCUT2D eigenvalue weighted by Gasteiger charge is -2.15. The second-order valence-corrected chi connectivity index (χ2v) is 3.71. The van der Waals surface area contributed by atoms with Gasteiger partial charge in [0, 0.05) is 5.33 Å². The predicted octanol–water partition coefficient (Wildman–Crippen LogP) is 3.51. The number of aromatic carboxylic acids is 1. The summed E-state index contributed by atoms with van der Waals surface area (Å²) in [5.41, 5.74) is -2.68. The molecule has 0 amide bonds. The van der Waals surface area contributed by atoms with E-state index in [0.29, 0.717) is 6.20 Å². The van der Waals surface area contributed by atoms with E-state index in [2.05, 4.69) is 25.7 Å². The molecule has 106 valence electrons. The van der Waals surface area contributed by atoms with E-state index in [1.807, 2.05) is 0 Å². The van der Waals surface area contributed by atoms with Crippen LogP contribution in [0.2, 0.25) is 0 Å². The molecular weight excluding hydrogens is 345 g/mol. The molecule has 1 aromatic rings. The van der Waals surface area contributed by atoms with Gasteiger partial charge in [-0.05, 0) is 0 Å². The molecule has 0 spiro atoms. The second kappa shape index (κ2) is 5.68. The van der Waals surface area contributed by atoms with E-state index < -0.39 is 35.6 Å². The maximum Gasteiger partial charge on any atom is 0.573 e. The molecule has 0 atom stereocenters. The highest BCUT2D eigenvalue weighted by molar-refractivity contribution is 9.08. The molecule has 1 N–H and O–H groups in total. The van der Waals surface area contributed by atoms with Crippen LogP contribution in [0, 0.1) is 0 Å². The van der Waals surface area contributed by atoms with Gasteiger partial charge in [-0.1, -0.05) is 15.9 Å². The number of hydrogen-bond donors (Lipinski definition) is 1. The Kier molecular flexibility index (Phi) is 4.66. The Morgan fingerprint density at radius 3 is 2.42 bits per heavy atom. The highest BCUT2D eigenvalue weighted by Crippen LogP contribution is 2.36. The summed E-state index contributed by atoms with van der Waals surface area (Å²) < 4.78 is 65.1. The lowest BCUT2D eigenvalue weighted by Crippen LogP contribution is -2.20. The van der Waals surface area contributed by atoms with E-state index in [9.17, 15) is 26.7 Å². The summed E-state index contributed by atoms with van der Waals surface area (Å²) >= 11 is 2.81. The second-order valence-electron chi connectivity index (χ2n) is 3.15. The van der Waals surface area contributed by atoms with Gasteiger partial charge in [-0.2, -0.15) is 0 Å². The van der Waals surface area contributed by atoms with Crippen molar-refractivity contribution in [2.75, 3.05) is 0 Å². The zero-order chi connectivity index (χ0) is 14.8. The molecule has 1 heterocycles. The highest BCUT2D eigenvalue weighted by atomic mass is 79.9. The number of ether oxygens (including phenoxy) is 1. The van der Waals surface area contributed by atoms with Gasteiger partial charge < -0.3 is 9.84 Å². The predicted molar refractivity (Wildman–Crippen MR) is 55.5 cm³/mol. The van der Waals surface area contributed by atoms with Gasteiger partial charge in [-0.3, -0.25) is 4.98 Å². The maximum absolute atomic E-state index is 12.8. The van der Waals surface area contributed by atoms with Crippen LogP contribution in [-0.4, -0.2) is 22.4 Å². The number of aromatic nitrogens is 1. The van der Waals surface area contributed by atoms with E-state index >= 15 is 0 Å². The number of nitrogens with zero attached hydrogens (tertiary/aromatic N) is 1. The molecule has 0 aliphatic heterocycles. The molecule has 19 heavy (non-hydrogen) atoms. The molecule has 0 fully saturated rings. The lowest BCUT2D eigenvalue weighted by atomic mass is 10.1. The van der Waals surface area contributed by atoms with Crippen molar-refractivity contribution >= 4 is 21.9 Å². The van der Waals surface area contributed by atoms with E-state index in [-0.39, 0.29) is 11.0 Å². The zero-order valence-corrected chi connectivity index (χ0v) is 10.4. The summed E-state index contributed by atoms with van der Waals surface area (Å²) in [5, 5.41) is 8.61. The normalized spacial score (nSPS) is 11.7.